The number of benzene rings is 2. The monoisotopic (exact) mass is 447 g/mol. The van der Waals surface area contributed by atoms with Crippen LogP contribution in [0.2, 0.25) is 10.0 Å². The minimum Gasteiger partial charge on any atom is -0.309 e. The standard InChI is InChI=1S/C21H20Cl2FN5O/c1-21(2,3)27-20(26-19(30)13-6-9-15(23)16(24)10-13)25-18-11-17(28-29-18)12-4-7-14(22)8-5-12/h4-11H,1-3H3,(H3,25,26,27,28,29,30). The second-order valence-corrected chi connectivity index (χ2v) is 8.36. The molecule has 6 nitrogen and oxygen atoms in total. The number of guanidine groups is 1. The summed E-state index contributed by atoms with van der Waals surface area (Å²) in [6.45, 7) is 5.64. The lowest BCUT2D eigenvalue weighted by Gasteiger charge is -2.17. The molecular weight excluding hydrogens is 428 g/mol. The summed E-state index contributed by atoms with van der Waals surface area (Å²) in [6.07, 6.45) is 0. The number of halogens is 3. The van der Waals surface area contributed by atoms with Gasteiger partial charge in [-0.05, 0) is 56.7 Å². The van der Waals surface area contributed by atoms with Gasteiger partial charge in [-0.1, -0.05) is 35.3 Å². The summed E-state index contributed by atoms with van der Waals surface area (Å²) in [5.74, 6) is -0.580. The first-order valence-electron chi connectivity index (χ1n) is 9.05. The van der Waals surface area contributed by atoms with Gasteiger partial charge in [-0.3, -0.25) is 15.2 Å². The van der Waals surface area contributed by atoms with Gasteiger partial charge in [0.1, 0.15) is 5.82 Å². The first-order valence-corrected chi connectivity index (χ1v) is 9.81. The van der Waals surface area contributed by atoms with Crippen molar-refractivity contribution in [2.24, 2.45) is 4.99 Å². The average molecular weight is 448 g/mol. The summed E-state index contributed by atoms with van der Waals surface area (Å²) in [5.41, 5.74) is 1.28. The molecule has 0 fully saturated rings. The first kappa shape index (κ1) is 21.8. The molecule has 3 rings (SSSR count). The van der Waals surface area contributed by atoms with E-state index in [0.717, 1.165) is 17.3 Å². The summed E-state index contributed by atoms with van der Waals surface area (Å²) in [4.78, 5) is 17.1. The van der Waals surface area contributed by atoms with Crippen LogP contribution in [0.15, 0.2) is 53.5 Å². The van der Waals surface area contributed by atoms with Crippen molar-refractivity contribution in [3.63, 3.8) is 0 Å². The minimum absolute atomic E-state index is 0.0560. The van der Waals surface area contributed by atoms with Gasteiger partial charge in [0.05, 0.1) is 16.3 Å². The Kier molecular flexibility index (Phi) is 6.43. The van der Waals surface area contributed by atoms with Crippen LogP contribution in [0.3, 0.4) is 0 Å². The fourth-order valence-corrected chi connectivity index (χ4v) is 2.77. The highest BCUT2D eigenvalue weighted by molar-refractivity contribution is 6.31. The molecule has 0 radical (unpaired) electrons. The molecule has 0 aliphatic carbocycles. The summed E-state index contributed by atoms with van der Waals surface area (Å²) in [7, 11) is 0. The Hall–Kier alpha value is -2.90. The highest BCUT2D eigenvalue weighted by Crippen LogP contribution is 2.22. The van der Waals surface area contributed by atoms with Crippen molar-refractivity contribution < 1.29 is 9.18 Å². The van der Waals surface area contributed by atoms with Crippen LogP contribution in [0.25, 0.3) is 11.3 Å². The predicted octanol–water partition coefficient (Wildman–Crippen LogP) is 5.52. The van der Waals surface area contributed by atoms with E-state index in [9.17, 15) is 9.18 Å². The molecule has 1 aromatic heterocycles. The zero-order chi connectivity index (χ0) is 21.9. The lowest BCUT2D eigenvalue weighted by Crippen LogP contribution is -2.38. The second kappa shape index (κ2) is 8.85. The van der Waals surface area contributed by atoms with Crippen LogP contribution in [-0.4, -0.2) is 27.6 Å². The summed E-state index contributed by atoms with van der Waals surface area (Å²) in [5, 5.41) is 13.4. The van der Waals surface area contributed by atoms with Gasteiger partial charge in [0.2, 0.25) is 5.96 Å². The van der Waals surface area contributed by atoms with Crippen molar-refractivity contribution in [2.45, 2.75) is 26.3 Å². The number of carbonyl (C=O) groups excluding carboxylic acids is 1. The molecule has 1 amide bonds. The molecule has 0 aliphatic rings. The maximum absolute atomic E-state index is 13.7. The van der Waals surface area contributed by atoms with Crippen LogP contribution in [0, 0.1) is 5.82 Å². The van der Waals surface area contributed by atoms with Gasteiger partial charge in [-0.2, -0.15) is 5.10 Å². The number of anilines is 1. The molecule has 0 saturated heterocycles. The highest BCUT2D eigenvalue weighted by Gasteiger charge is 2.16. The number of aliphatic imine (C=N–C) groups is 1. The smallest absolute Gasteiger partial charge is 0.258 e. The third-order valence-corrected chi connectivity index (χ3v) is 4.40. The summed E-state index contributed by atoms with van der Waals surface area (Å²) in [6, 6.07) is 12.9. The minimum atomic E-state index is -0.675. The van der Waals surface area contributed by atoms with Gasteiger partial charge in [0.25, 0.3) is 5.91 Å². The largest absolute Gasteiger partial charge is 0.309 e. The number of hydrogen-bond acceptors (Lipinski definition) is 3. The predicted molar refractivity (Wildman–Crippen MR) is 119 cm³/mol. The van der Waals surface area contributed by atoms with Crippen LogP contribution >= 0.6 is 23.2 Å². The number of amides is 1. The topological polar surface area (TPSA) is 82.2 Å². The Morgan fingerprint density at radius 3 is 2.43 bits per heavy atom. The molecule has 0 aliphatic heterocycles. The fraction of sp³-hybridized carbons (Fsp3) is 0.190. The van der Waals surface area contributed by atoms with Gasteiger partial charge in [0, 0.05) is 16.7 Å². The zero-order valence-corrected chi connectivity index (χ0v) is 18.1. The summed E-state index contributed by atoms with van der Waals surface area (Å²) >= 11 is 11.6. The first-order chi connectivity index (χ1) is 14.1. The molecule has 156 valence electrons. The van der Waals surface area contributed by atoms with Crippen LogP contribution in [-0.2, 0) is 0 Å². The maximum Gasteiger partial charge on any atom is 0.258 e. The molecule has 2 aromatic carbocycles. The molecule has 0 saturated carbocycles. The number of aromatic nitrogens is 2. The normalized spacial score (nSPS) is 12.0. The lowest BCUT2D eigenvalue weighted by molar-refractivity contribution is 0.0976. The molecule has 1 heterocycles. The number of hydrogen-bond donors (Lipinski definition) is 3. The van der Waals surface area contributed by atoms with Crippen LogP contribution in [0.4, 0.5) is 10.2 Å². The number of aromatic amines is 1. The molecule has 0 unspecified atom stereocenters. The van der Waals surface area contributed by atoms with Crippen molar-refractivity contribution in [3.05, 3.63) is 70.0 Å². The van der Waals surface area contributed by atoms with E-state index in [1.54, 1.807) is 18.2 Å². The average Bonchev–Trinajstić information content (AvgIpc) is 3.11. The number of H-pyrrole nitrogens is 1. The van der Waals surface area contributed by atoms with Gasteiger partial charge in [0.15, 0.2) is 5.82 Å². The van der Waals surface area contributed by atoms with Crippen molar-refractivity contribution in [1.82, 2.24) is 15.5 Å². The van der Waals surface area contributed by atoms with E-state index in [4.69, 9.17) is 23.2 Å². The number of nitrogens with one attached hydrogen (secondary N) is 3. The van der Waals surface area contributed by atoms with Crippen molar-refractivity contribution in [1.29, 1.82) is 0 Å². The lowest BCUT2D eigenvalue weighted by atomic mass is 10.1. The Bertz CT molecular complexity index is 1090. The van der Waals surface area contributed by atoms with E-state index < -0.39 is 17.3 Å². The Balaban J connectivity index is 1.81. The van der Waals surface area contributed by atoms with Gasteiger partial charge < -0.3 is 5.32 Å². The molecule has 0 spiro atoms. The van der Waals surface area contributed by atoms with Crippen molar-refractivity contribution in [2.75, 3.05) is 5.32 Å². The zero-order valence-electron chi connectivity index (χ0n) is 16.6. The number of rotatable bonds is 3. The summed E-state index contributed by atoms with van der Waals surface area (Å²) < 4.78 is 13.7. The molecule has 3 N–H and O–H groups in total. The molecule has 0 atom stereocenters. The molecule has 9 heteroatoms. The van der Waals surface area contributed by atoms with E-state index in [2.05, 4.69) is 25.8 Å². The van der Waals surface area contributed by atoms with Crippen molar-refractivity contribution >= 4 is 40.9 Å². The Labute approximate surface area is 183 Å². The maximum atomic E-state index is 13.7. The van der Waals surface area contributed by atoms with Crippen molar-refractivity contribution in [3.8, 4) is 11.3 Å². The molecule has 30 heavy (non-hydrogen) atoms. The van der Waals surface area contributed by atoms with E-state index in [0.29, 0.717) is 10.8 Å². The fourth-order valence-electron chi connectivity index (χ4n) is 2.52. The van der Waals surface area contributed by atoms with Gasteiger partial charge >= 0.3 is 0 Å². The van der Waals surface area contributed by atoms with Crippen LogP contribution < -0.4 is 10.6 Å². The quantitative estimate of drug-likeness (QED) is 0.365. The van der Waals surface area contributed by atoms with E-state index in [-0.39, 0.29) is 16.5 Å². The molecule has 3 aromatic rings. The third-order valence-electron chi connectivity index (χ3n) is 3.84. The van der Waals surface area contributed by atoms with E-state index in [1.807, 2.05) is 32.9 Å². The van der Waals surface area contributed by atoms with Gasteiger partial charge in [-0.15, -0.1) is 0 Å². The second-order valence-electron chi connectivity index (χ2n) is 7.51. The molecule has 0 bridgehead atoms. The highest BCUT2D eigenvalue weighted by atomic mass is 35.5. The Morgan fingerprint density at radius 2 is 1.80 bits per heavy atom. The van der Waals surface area contributed by atoms with Crippen LogP contribution in [0.5, 0.6) is 0 Å². The van der Waals surface area contributed by atoms with Crippen LogP contribution in [0.1, 0.15) is 31.1 Å². The Morgan fingerprint density at radius 1 is 1.10 bits per heavy atom. The number of nitrogens with zero attached hydrogens (tertiary/aromatic N) is 2. The van der Waals surface area contributed by atoms with E-state index >= 15 is 0 Å². The van der Waals surface area contributed by atoms with E-state index in [1.165, 1.54) is 12.1 Å². The number of carbonyl (C=O) groups is 1. The SMILES string of the molecule is CC(C)(C)N=C(NC(=O)c1ccc(Cl)c(F)c1)Nc1cc(-c2ccc(Cl)cc2)[nH]n1. The molecular formula is C21H20Cl2FN5O. The van der Waals surface area contributed by atoms with Gasteiger partial charge in [-0.25, -0.2) is 9.38 Å². The third kappa shape index (κ3) is 5.81.